The van der Waals surface area contributed by atoms with Crippen molar-refractivity contribution in [3.63, 3.8) is 0 Å². The number of aliphatic hydroxyl groups is 1. The molecule has 2 aromatic heterocycles. The molecule has 0 aliphatic heterocycles. The van der Waals surface area contributed by atoms with E-state index in [1.165, 1.54) is 33.9 Å². The number of nitrogens with zero attached hydrogens (tertiary/aromatic N) is 3. The van der Waals surface area contributed by atoms with Crippen LogP contribution in [0.4, 0.5) is 10.1 Å². The largest absolute Gasteiger partial charge is 0.387 e. The Hall–Kier alpha value is -2.25. The summed E-state index contributed by atoms with van der Waals surface area (Å²) in [5, 5.41) is 9.92. The molecule has 3 aromatic rings. The molecule has 1 unspecified atom stereocenters. The van der Waals surface area contributed by atoms with Crippen LogP contribution in [0.15, 0.2) is 35.1 Å². The number of hydrogen-bond acceptors (Lipinski definition) is 5. The maximum atomic E-state index is 13.1. The van der Waals surface area contributed by atoms with Crippen molar-refractivity contribution in [2.24, 2.45) is 0 Å². The summed E-state index contributed by atoms with van der Waals surface area (Å²) in [6, 6.07) is 7.76. The van der Waals surface area contributed by atoms with Crippen LogP contribution in [0.1, 0.15) is 36.2 Å². The highest BCUT2D eigenvalue weighted by atomic mass is 32.1. The van der Waals surface area contributed by atoms with Gasteiger partial charge in [0.05, 0.1) is 24.0 Å². The lowest BCUT2D eigenvalue weighted by Crippen LogP contribution is -2.25. The fourth-order valence-electron chi connectivity index (χ4n) is 2.94. The Morgan fingerprint density at radius 1 is 1.36 bits per heavy atom. The van der Waals surface area contributed by atoms with Gasteiger partial charge in [-0.2, -0.15) is 0 Å². The number of aryl methyl sites for hydroxylation is 1. The highest BCUT2D eigenvalue weighted by Gasteiger charge is 2.17. The van der Waals surface area contributed by atoms with Crippen LogP contribution < -0.4 is 10.5 Å². The van der Waals surface area contributed by atoms with Gasteiger partial charge >= 0.3 is 0 Å². The van der Waals surface area contributed by atoms with Crippen LogP contribution in [0.2, 0.25) is 0 Å². The van der Waals surface area contributed by atoms with Crippen molar-refractivity contribution in [3.05, 3.63) is 62.8 Å². The molecule has 0 radical (unpaired) electrons. The Morgan fingerprint density at radius 2 is 2.04 bits per heavy atom. The zero-order valence-corrected chi connectivity index (χ0v) is 15.2. The number of anilines is 1. The fraction of sp³-hybridized carbons (Fsp3) is 0.333. The summed E-state index contributed by atoms with van der Waals surface area (Å²) >= 11 is 1.39. The maximum absolute atomic E-state index is 13.1. The zero-order chi connectivity index (χ0) is 18.1. The van der Waals surface area contributed by atoms with E-state index in [4.69, 9.17) is 0 Å². The van der Waals surface area contributed by atoms with E-state index in [1.54, 1.807) is 19.1 Å². The number of aliphatic hydroxyl groups excluding tert-OH is 1. The lowest BCUT2D eigenvalue weighted by Gasteiger charge is -2.22. The van der Waals surface area contributed by atoms with Gasteiger partial charge in [-0.25, -0.2) is 9.37 Å². The maximum Gasteiger partial charge on any atom is 0.259 e. The van der Waals surface area contributed by atoms with E-state index < -0.39 is 6.10 Å². The van der Waals surface area contributed by atoms with Gasteiger partial charge in [0.15, 0.2) is 4.96 Å². The minimum atomic E-state index is -0.731. The average Bonchev–Trinajstić information content (AvgIpc) is 2.90. The monoisotopic (exact) mass is 361 g/mol. The molecule has 132 valence electrons. The topological polar surface area (TPSA) is 57.8 Å². The second-order valence-corrected chi connectivity index (χ2v) is 7.10. The van der Waals surface area contributed by atoms with Crippen molar-refractivity contribution in [3.8, 4) is 0 Å². The van der Waals surface area contributed by atoms with Gasteiger partial charge in [-0.15, -0.1) is 11.3 Å². The van der Waals surface area contributed by atoms with Gasteiger partial charge < -0.3 is 10.0 Å². The number of rotatable bonds is 5. The van der Waals surface area contributed by atoms with Crippen LogP contribution in [0.25, 0.3) is 4.96 Å². The van der Waals surface area contributed by atoms with E-state index >= 15 is 0 Å². The summed E-state index contributed by atoms with van der Waals surface area (Å²) in [6.07, 6.45) is -0.731. The molecule has 7 heteroatoms. The highest BCUT2D eigenvalue weighted by Crippen LogP contribution is 2.25. The number of thiazole rings is 1. The van der Waals surface area contributed by atoms with Crippen molar-refractivity contribution in [1.82, 2.24) is 9.38 Å². The third-order valence-electron chi connectivity index (χ3n) is 4.11. The summed E-state index contributed by atoms with van der Waals surface area (Å²) in [7, 11) is 0. The van der Waals surface area contributed by atoms with Crippen molar-refractivity contribution < 1.29 is 9.50 Å². The van der Waals surface area contributed by atoms with Gasteiger partial charge in [-0.05, 0) is 45.0 Å². The van der Waals surface area contributed by atoms with Crippen LogP contribution >= 0.6 is 11.3 Å². The molecule has 3 rings (SSSR count). The van der Waals surface area contributed by atoms with Crippen LogP contribution in [0, 0.1) is 12.7 Å². The number of aromatic nitrogens is 2. The normalized spacial score (nSPS) is 12.5. The number of fused-ring (bicyclic) bond motifs is 1. The zero-order valence-electron chi connectivity index (χ0n) is 14.4. The molecule has 1 N–H and O–H groups in total. The second-order valence-electron chi connectivity index (χ2n) is 5.91. The van der Waals surface area contributed by atoms with Crippen molar-refractivity contribution >= 4 is 22.0 Å². The van der Waals surface area contributed by atoms with E-state index in [-0.39, 0.29) is 11.4 Å². The minimum Gasteiger partial charge on any atom is -0.387 e. The second kappa shape index (κ2) is 6.93. The van der Waals surface area contributed by atoms with Crippen molar-refractivity contribution in [1.29, 1.82) is 0 Å². The van der Waals surface area contributed by atoms with Crippen molar-refractivity contribution in [2.75, 3.05) is 11.4 Å². The van der Waals surface area contributed by atoms with Crippen LogP contribution in [-0.2, 0) is 6.54 Å². The third-order valence-corrected chi connectivity index (χ3v) is 5.08. The third kappa shape index (κ3) is 3.43. The Labute approximate surface area is 149 Å². The van der Waals surface area contributed by atoms with E-state index in [0.29, 0.717) is 29.4 Å². The number of halogens is 1. The molecule has 0 bridgehead atoms. The Bertz CT molecular complexity index is 947. The first-order valence-electron chi connectivity index (χ1n) is 8.11. The molecule has 0 fully saturated rings. The average molecular weight is 361 g/mol. The Kier molecular flexibility index (Phi) is 4.87. The smallest absolute Gasteiger partial charge is 0.259 e. The molecule has 25 heavy (non-hydrogen) atoms. The lowest BCUT2D eigenvalue weighted by atomic mass is 10.2. The van der Waals surface area contributed by atoms with E-state index in [0.717, 1.165) is 10.6 Å². The molecule has 0 aliphatic rings. The molecule has 1 atom stereocenters. The fourth-order valence-corrected chi connectivity index (χ4v) is 4.02. The standard InChI is InChI=1S/C18H20FN3O2S/c1-4-21(15-7-5-13(19)6-8-15)10-14-9-16(24)22-17(11(2)23)12(3)25-18(22)20-14/h5-9,11,23H,4,10H2,1-3H3. The predicted molar refractivity (Wildman–Crippen MR) is 97.8 cm³/mol. The summed E-state index contributed by atoms with van der Waals surface area (Å²) in [4.78, 5) is 20.6. The summed E-state index contributed by atoms with van der Waals surface area (Å²) in [5.74, 6) is -0.280. The molecule has 2 heterocycles. The molecular weight excluding hydrogens is 341 g/mol. The molecule has 0 spiro atoms. The van der Waals surface area contributed by atoms with Gasteiger partial charge in [0.25, 0.3) is 5.56 Å². The van der Waals surface area contributed by atoms with Gasteiger partial charge in [0.2, 0.25) is 0 Å². The molecule has 0 amide bonds. The molecule has 0 saturated carbocycles. The van der Waals surface area contributed by atoms with Gasteiger partial charge in [-0.1, -0.05) is 0 Å². The number of hydrogen-bond donors (Lipinski definition) is 1. The highest BCUT2D eigenvalue weighted by molar-refractivity contribution is 7.17. The van der Waals surface area contributed by atoms with Crippen LogP contribution in [-0.4, -0.2) is 21.0 Å². The van der Waals surface area contributed by atoms with Gasteiger partial charge in [0, 0.05) is 23.2 Å². The molecule has 0 aliphatic carbocycles. The SMILES string of the molecule is CCN(Cc1cc(=O)n2c(C(C)O)c(C)sc2n1)c1ccc(F)cc1. The Balaban J connectivity index is 1.99. The lowest BCUT2D eigenvalue weighted by molar-refractivity contribution is 0.192. The van der Waals surface area contributed by atoms with E-state index in [1.807, 2.05) is 18.7 Å². The quantitative estimate of drug-likeness (QED) is 0.758. The van der Waals surface area contributed by atoms with Crippen LogP contribution in [0.3, 0.4) is 0 Å². The molecule has 0 saturated heterocycles. The number of benzene rings is 1. The molecule has 5 nitrogen and oxygen atoms in total. The van der Waals surface area contributed by atoms with E-state index in [9.17, 15) is 14.3 Å². The summed E-state index contributed by atoms with van der Waals surface area (Å²) in [5.41, 5.74) is 1.91. The molecular formula is C18H20FN3O2S. The first kappa shape index (κ1) is 17.6. The summed E-state index contributed by atoms with van der Waals surface area (Å²) in [6.45, 7) is 6.67. The summed E-state index contributed by atoms with van der Waals surface area (Å²) < 4.78 is 14.6. The van der Waals surface area contributed by atoms with Crippen LogP contribution in [0.5, 0.6) is 0 Å². The van der Waals surface area contributed by atoms with Gasteiger partial charge in [0.1, 0.15) is 5.82 Å². The van der Waals surface area contributed by atoms with Crippen molar-refractivity contribution in [2.45, 2.75) is 33.4 Å². The molecule has 1 aromatic carbocycles. The van der Waals surface area contributed by atoms with Gasteiger partial charge in [-0.3, -0.25) is 9.20 Å². The minimum absolute atomic E-state index is 0.199. The predicted octanol–water partition coefficient (Wildman–Crippen LogP) is 3.28. The first-order chi connectivity index (χ1) is 11.9. The van der Waals surface area contributed by atoms with E-state index in [2.05, 4.69) is 4.98 Å². The first-order valence-corrected chi connectivity index (χ1v) is 8.93. The Morgan fingerprint density at radius 3 is 2.64 bits per heavy atom.